The Kier molecular flexibility index (Phi) is 15.1. The van der Waals surface area contributed by atoms with Crippen LogP contribution in [0.1, 0.15) is 48.8 Å². The number of benzene rings is 6. The predicted octanol–water partition coefficient (Wildman–Crippen LogP) is 4.73. The first-order chi connectivity index (χ1) is 30.6. The number of hydrogen-bond acceptors (Lipinski definition) is 7. The number of carbonyl (C=O) groups excluding carboxylic acids is 5. The zero-order chi connectivity index (χ0) is 44.1. The molecule has 5 amide bonds. The summed E-state index contributed by atoms with van der Waals surface area (Å²) in [6.07, 6.45) is 3.14. The average molecular weight is 848 g/mol. The van der Waals surface area contributed by atoms with Crippen LogP contribution in [0.3, 0.4) is 0 Å². The minimum Gasteiger partial charge on any atom is -0.368 e. The highest BCUT2D eigenvalue weighted by Crippen LogP contribution is 2.22. The van der Waals surface area contributed by atoms with Gasteiger partial charge in [0.2, 0.25) is 29.5 Å². The number of carbonyl (C=O) groups is 5. The van der Waals surface area contributed by atoms with Crippen LogP contribution in [0.4, 0.5) is 0 Å². The summed E-state index contributed by atoms with van der Waals surface area (Å²) in [6.45, 7) is 1.83. The van der Waals surface area contributed by atoms with E-state index in [1.807, 2.05) is 127 Å². The van der Waals surface area contributed by atoms with Crippen LogP contribution in [0.2, 0.25) is 0 Å². The highest BCUT2D eigenvalue weighted by molar-refractivity contribution is 5.97. The summed E-state index contributed by atoms with van der Waals surface area (Å²) in [4.78, 5) is 70.2. The summed E-state index contributed by atoms with van der Waals surface area (Å²) in [5, 5.41) is 21.0. The van der Waals surface area contributed by atoms with Gasteiger partial charge in [0.05, 0.1) is 0 Å². The molecule has 7 rings (SSSR count). The molecule has 1 fully saturated rings. The largest absolute Gasteiger partial charge is 0.368 e. The zero-order valence-corrected chi connectivity index (χ0v) is 35.5. The maximum Gasteiger partial charge on any atom is 0.243 e. The molecule has 6 aromatic carbocycles. The van der Waals surface area contributed by atoms with Crippen LogP contribution in [0.25, 0.3) is 32.3 Å². The minimum atomic E-state index is -1.17. The monoisotopic (exact) mass is 847 g/mol. The van der Waals surface area contributed by atoms with Gasteiger partial charge < -0.3 is 38.1 Å². The van der Waals surface area contributed by atoms with Crippen molar-refractivity contribution in [3.8, 4) is 0 Å². The number of nitrogens with one attached hydrogen (secondary N) is 5. The molecule has 6 aromatic rings. The summed E-state index contributed by atoms with van der Waals surface area (Å²) in [5.74, 6) is -2.90. The van der Waals surface area contributed by atoms with Crippen LogP contribution in [0.5, 0.6) is 0 Å². The molecule has 63 heavy (non-hydrogen) atoms. The lowest BCUT2D eigenvalue weighted by Gasteiger charge is -2.28. The first-order valence-electron chi connectivity index (χ1n) is 22.0. The number of rotatable bonds is 19. The molecule has 1 saturated heterocycles. The molecule has 0 aromatic heterocycles. The van der Waals surface area contributed by atoms with E-state index in [1.54, 1.807) is 0 Å². The second kappa shape index (κ2) is 21.4. The second-order valence-electron chi connectivity index (χ2n) is 16.6. The van der Waals surface area contributed by atoms with Gasteiger partial charge in [0.1, 0.15) is 24.2 Å². The molecule has 12 heteroatoms. The molecule has 0 bridgehead atoms. The Hall–Kier alpha value is -6.63. The van der Waals surface area contributed by atoms with Gasteiger partial charge in [-0.25, -0.2) is 0 Å². The molecule has 1 aliphatic heterocycles. The summed E-state index contributed by atoms with van der Waals surface area (Å²) in [5.41, 5.74) is 13.9. The number of unbranched alkanes of at least 4 members (excludes halogenated alkanes) is 1. The summed E-state index contributed by atoms with van der Waals surface area (Å²) >= 11 is 0. The highest BCUT2D eigenvalue weighted by atomic mass is 16.2. The van der Waals surface area contributed by atoms with Crippen LogP contribution in [-0.2, 0) is 43.2 Å². The lowest BCUT2D eigenvalue weighted by Crippen LogP contribution is -2.59. The van der Waals surface area contributed by atoms with Gasteiger partial charge in [-0.05, 0) is 101 Å². The van der Waals surface area contributed by atoms with Gasteiger partial charge in [-0.3, -0.25) is 24.0 Å². The van der Waals surface area contributed by atoms with Crippen molar-refractivity contribution in [2.24, 2.45) is 17.4 Å². The summed E-state index contributed by atoms with van der Waals surface area (Å²) in [7, 11) is 0. The van der Waals surface area contributed by atoms with Gasteiger partial charge in [-0.15, -0.1) is 0 Å². The van der Waals surface area contributed by atoms with E-state index < -0.39 is 47.8 Å². The maximum atomic E-state index is 14.8. The van der Waals surface area contributed by atoms with Gasteiger partial charge >= 0.3 is 0 Å². The molecule has 1 heterocycles. The van der Waals surface area contributed by atoms with Crippen LogP contribution in [0, 0.1) is 5.92 Å². The molecular weight excluding hydrogens is 791 g/mol. The molecule has 12 nitrogen and oxygen atoms in total. The SMILES string of the molecule is NCCCCC(NC(=O)C(Cc1cccc2ccccc12)NC(=O)C(Cc1ccc2ccccc2c1)NC(=O)C(Cc1ccc2ccccc2c1)NC(=O)C1CCNCC1)C(N)=O. The molecule has 0 spiro atoms. The Labute approximate surface area is 367 Å². The fourth-order valence-electron chi connectivity index (χ4n) is 8.49. The second-order valence-corrected chi connectivity index (χ2v) is 16.6. The van der Waals surface area contributed by atoms with Crippen LogP contribution in [0.15, 0.2) is 127 Å². The summed E-state index contributed by atoms with van der Waals surface area (Å²) < 4.78 is 0. The third kappa shape index (κ3) is 11.8. The van der Waals surface area contributed by atoms with E-state index in [-0.39, 0.29) is 37.5 Å². The van der Waals surface area contributed by atoms with E-state index in [0.717, 1.165) is 49.0 Å². The molecule has 0 radical (unpaired) electrons. The quantitative estimate of drug-likeness (QED) is 0.0573. The zero-order valence-electron chi connectivity index (χ0n) is 35.5. The van der Waals surface area contributed by atoms with Crippen LogP contribution >= 0.6 is 0 Å². The number of amides is 5. The van der Waals surface area contributed by atoms with Gasteiger partial charge in [-0.1, -0.05) is 127 Å². The fourth-order valence-corrected chi connectivity index (χ4v) is 8.49. The maximum absolute atomic E-state index is 14.8. The normalized spacial score (nSPS) is 14.9. The van der Waals surface area contributed by atoms with E-state index in [2.05, 4.69) is 26.6 Å². The molecule has 326 valence electrons. The van der Waals surface area contributed by atoms with Crippen LogP contribution in [-0.4, -0.2) is 73.3 Å². The Balaban J connectivity index is 1.21. The first kappa shape index (κ1) is 44.4. The minimum absolute atomic E-state index is 0.0823. The van der Waals surface area contributed by atoms with E-state index in [9.17, 15) is 24.0 Å². The first-order valence-corrected chi connectivity index (χ1v) is 22.0. The molecule has 1 aliphatic rings. The summed E-state index contributed by atoms with van der Waals surface area (Å²) in [6, 6.07) is 36.8. The smallest absolute Gasteiger partial charge is 0.243 e. The van der Waals surface area contributed by atoms with E-state index in [4.69, 9.17) is 11.5 Å². The van der Waals surface area contributed by atoms with Crippen LogP contribution < -0.4 is 38.1 Å². The predicted molar refractivity (Wildman–Crippen MR) is 248 cm³/mol. The molecule has 4 unspecified atom stereocenters. The Morgan fingerprint density at radius 3 is 1.60 bits per heavy atom. The Bertz CT molecular complexity index is 2570. The number of hydrogen-bond donors (Lipinski definition) is 7. The molecule has 4 atom stereocenters. The van der Waals surface area contributed by atoms with Crippen molar-refractivity contribution in [2.75, 3.05) is 19.6 Å². The number of fused-ring (bicyclic) bond motifs is 3. The van der Waals surface area contributed by atoms with E-state index >= 15 is 0 Å². The standard InChI is InChI=1S/C51H57N7O5/c52-25-8-7-18-43(47(53)59)55-51(63)46(32-41-16-9-15-37-12-5-6-17-42(37)41)58-50(62)45(31-34-20-22-36-11-2-4-14-40(36)29-34)57-49(61)44(56-48(60)38-23-26-54-27-24-38)30-33-19-21-35-10-1-3-13-39(35)28-33/h1-6,9-17,19-22,28-29,38,43-46,54H,7-8,18,23-27,30-32,52H2,(H2,53,59)(H,55,63)(H,56,60)(H,57,61)(H,58,62). The molecule has 9 N–H and O–H groups in total. The van der Waals surface area contributed by atoms with Crippen molar-refractivity contribution >= 4 is 61.9 Å². The van der Waals surface area contributed by atoms with Crippen molar-refractivity contribution in [3.63, 3.8) is 0 Å². The van der Waals surface area contributed by atoms with Gasteiger partial charge in [0, 0.05) is 25.2 Å². The lowest BCUT2D eigenvalue weighted by atomic mass is 9.95. The number of primary amides is 1. The average Bonchev–Trinajstić information content (AvgIpc) is 3.30. The van der Waals surface area contributed by atoms with Gasteiger partial charge in [0.15, 0.2) is 0 Å². The van der Waals surface area contributed by atoms with Gasteiger partial charge in [-0.2, -0.15) is 0 Å². The van der Waals surface area contributed by atoms with Crippen molar-refractivity contribution < 1.29 is 24.0 Å². The van der Waals surface area contributed by atoms with Crippen molar-refractivity contribution in [1.82, 2.24) is 26.6 Å². The molecular formula is C51H57N7O5. The van der Waals surface area contributed by atoms with Crippen molar-refractivity contribution in [3.05, 3.63) is 144 Å². The van der Waals surface area contributed by atoms with Gasteiger partial charge in [0.25, 0.3) is 0 Å². The van der Waals surface area contributed by atoms with Crippen molar-refractivity contribution in [1.29, 1.82) is 0 Å². The molecule has 0 saturated carbocycles. The van der Waals surface area contributed by atoms with E-state index in [1.165, 1.54) is 0 Å². The third-order valence-corrected chi connectivity index (χ3v) is 12.0. The Morgan fingerprint density at radius 2 is 1.03 bits per heavy atom. The fraction of sp³-hybridized carbons (Fsp3) is 0.314. The van der Waals surface area contributed by atoms with E-state index in [0.29, 0.717) is 45.3 Å². The highest BCUT2D eigenvalue weighted by Gasteiger charge is 2.33. The Morgan fingerprint density at radius 1 is 0.540 bits per heavy atom. The number of piperidine rings is 1. The lowest BCUT2D eigenvalue weighted by molar-refractivity contribution is -0.135. The van der Waals surface area contributed by atoms with Crippen molar-refractivity contribution in [2.45, 2.75) is 75.5 Å². The molecule has 0 aliphatic carbocycles. The third-order valence-electron chi connectivity index (χ3n) is 12.0. The topological polar surface area (TPSA) is 198 Å². The number of nitrogens with two attached hydrogens (primary N) is 2.